The van der Waals surface area contributed by atoms with Gasteiger partial charge in [-0.1, -0.05) is 30.3 Å². The van der Waals surface area contributed by atoms with Crippen molar-refractivity contribution in [3.63, 3.8) is 0 Å². The fraction of sp³-hybridized carbons (Fsp3) is 0.250. The van der Waals surface area contributed by atoms with Gasteiger partial charge in [0.2, 0.25) is 0 Å². The van der Waals surface area contributed by atoms with Gasteiger partial charge < -0.3 is 20.1 Å². The molecule has 158 valence electrons. The molecule has 2 aromatic rings. The summed E-state index contributed by atoms with van der Waals surface area (Å²) in [7, 11) is 1.27. The third-order valence-corrected chi connectivity index (χ3v) is 4.07. The summed E-state index contributed by atoms with van der Waals surface area (Å²) in [5, 5.41) is 16.0. The molecule has 0 radical (unpaired) electrons. The summed E-state index contributed by atoms with van der Waals surface area (Å²) < 4.78 is 9.70. The molecular weight excluding hydrogens is 394 g/mol. The highest BCUT2D eigenvalue weighted by molar-refractivity contribution is 5.97. The Bertz CT molecular complexity index is 931. The van der Waals surface area contributed by atoms with Gasteiger partial charge in [-0.25, -0.2) is 0 Å². The van der Waals surface area contributed by atoms with Gasteiger partial charge in [-0.15, -0.1) is 0 Å². The molecule has 0 saturated heterocycles. The maximum Gasteiger partial charge on any atom is 0.325 e. The number of nitrogens with one attached hydrogen (secondary N) is 2. The van der Waals surface area contributed by atoms with Crippen molar-refractivity contribution in [3.8, 4) is 5.75 Å². The zero-order valence-corrected chi connectivity index (χ0v) is 16.4. The molecule has 1 atom stereocenters. The fourth-order valence-corrected chi connectivity index (χ4v) is 2.53. The Morgan fingerprint density at radius 1 is 1.13 bits per heavy atom. The minimum Gasteiger partial charge on any atom is -0.490 e. The molecule has 0 aliphatic rings. The van der Waals surface area contributed by atoms with Crippen molar-refractivity contribution in [1.82, 2.24) is 10.6 Å². The summed E-state index contributed by atoms with van der Waals surface area (Å²) in [4.78, 5) is 46.1. The van der Waals surface area contributed by atoms with Crippen LogP contribution in [0, 0.1) is 10.1 Å². The van der Waals surface area contributed by atoms with Crippen LogP contribution in [0.3, 0.4) is 0 Å². The Morgan fingerprint density at radius 2 is 1.83 bits per heavy atom. The van der Waals surface area contributed by atoms with E-state index in [2.05, 4.69) is 10.6 Å². The number of benzene rings is 2. The monoisotopic (exact) mass is 415 g/mol. The van der Waals surface area contributed by atoms with Crippen molar-refractivity contribution >= 4 is 23.5 Å². The van der Waals surface area contributed by atoms with Crippen molar-refractivity contribution in [1.29, 1.82) is 0 Å². The van der Waals surface area contributed by atoms with E-state index in [1.165, 1.54) is 19.2 Å². The van der Waals surface area contributed by atoms with Gasteiger partial charge in [0.05, 0.1) is 18.1 Å². The molecular formula is C20H21N3O7. The summed E-state index contributed by atoms with van der Waals surface area (Å²) >= 11 is 0. The Hall–Kier alpha value is -3.95. The van der Waals surface area contributed by atoms with Crippen LogP contribution >= 0.6 is 0 Å². The zero-order valence-electron chi connectivity index (χ0n) is 16.4. The number of carbonyl (C=O) groups is 3. The summed E-state index contributed by atoms with van der Waals surface area (Å²) in [6.45, 7) is 0.795. The average Bonchev–Trinajstić information content (AvgIpc) is 2.76. The van der Waals surface area contributed by atoms with Crippen molar-refractivity contribution in [2.75, 3.05) is 20.3 Å². The minimum absolute atomic E-state index is 0.00621. The summed E-state index contributed by atoms with van der Waals surface area (Å²) in [6.07, 6.45) is 0. The van der Waals surface area contributed by atoms with Crippen molar-refractivity contribution in [3.05, 3.63) is 69.8 Å². The van der Waals surface area contributed by atoms with Crippen LogP contribution in [0.4, 0.5) is 5.69 Å². The second-order valence-corrected chi connectivity index (χ2v) is 6.19. The third-order valence-electron chi connectivity index (χ3n) is 4.07. The van der Waals surface area contributed by atoms with Gasteiger partial charge in [-0.3, -0.25) is 24.5 Å². The van der Waals surface area contributed by atoms with E-state index >= 15 is 0 Å². The van der Waals surface area contributed by atoms with Gasteiger partial charge in [-0.2, -0.15) is 0 Å². The molecule has 0 heterocycles. The van der Waals surface area contributed by atoms with Crippen LogP contribution in [0.25, 0.3) is 0 Å². The van der Waals surface area contributed by atoms with E-state index in [9.17, 15) is 24.5 Å². The quantitative estimate of drug-likeness (QED) is 0.362. The first-order valence-corrected chi connectivity index (χ1v) is 8.92. The van der Waals surface area contributed by atoms with Gasteiger partial charge in [0.25, 0.3) is 11.8 Å². The number of hydrogen-bond acceptors (Lipinski definition) is 7. The van der Waals surface area contributed by atoms with Gasteiger partial charge in [-0.05, 0) is 24.6 Å². The lowest BCUT2D eigenvalue weighted by Crippen LogP contribution is -2.34. The van der Waals surface area contributed by atoms with E-state index in [1.807, 2.05) is 30.3 Å². The second-order valence-electron chi connectivity index (χ2n) is 6.19. The van der Waals surface area contributed by atoms with Crippen molar-refractivity contribution in [2.45, 2.75) is 13.0 Å². The predicted octanol–water partition coefficient (Wildman–Crippen LogP) is 1.75. The third kappa shape index (κ3) is 6.30. The van der Waals surface area contributed by atoms with E-state index in [0.717, 1.165) is 11.6 Å². The molecule has 0 saturated carbocycles. The highest BCUT2D eigenvalue weighted by Gasteiger charge is 2.19. The Morgan fingerprint density at radius 3 is 2.47 bits per heavy atom. The number of esters is 1. The van der Waals surface area contributed by atoms with Crippen LogP contribution in [-0.4, -0.2) is 43.0 Å². The molecule has 0 aliphatic heterocycles. The Labute approximate surface area is 172 Å². The molecule has 0 bridgehead atoms. The molecule has 0 aliphatic carbocycles. The van der Waals surface area contributed by atoms with Crippen LogP contribution in [-0.2, 0) is 14.3 Å². The SMILES string of the molecule is COc1ccc(C(=O)NCC(=O)OCC(=O)N[C@@H](C)c2ccccc2)cc1[N+](=O)[O-]. The molecule has 2 rings (SSSR count). The number of rotatable bonds is 9. The highest BCUT2D eigenvalue weighted by Crippen LogP contribution is 2.27. The molecule has 0 spiro atoms. The number of ether oxygens (including phenoxy) is 2. The number of carbonyl (C=O) groups excluding carboxylic acids is 3. The van der Waals surface area contributed by atoms with E-state index in [4.69, 9.17) is 9.47 Å². The number of nitrogens with zero attached hydrogens (tertiary/aromatic N) is 1. The Kier molecular flexibility index (Phi) is 7.86. The maximum atomic E-state index is 12.1. The largest absolute Gasteiger partial charge is 0.490 e. The predicted molar refractivity (Wildman–Crippen MR) is 106 cm³/mol. The standard InChI is InChI=1S/C20H21N3O7/c1-13(14-6-4-3-5-7-14)22-18(24)12-30-19(25)11-21-20(26)15-8-9-17(29-2)16(10-15)23(27)28/h3-10,13H,11-12H2,1-2H3,(H,21,26)(H,22,24)/t13-/m0/s1. The summed E-state index contributed by atoms with van der Waals surface area (Å²) in [6, 6.07) is 12.6. The van der Waals surface area contributed by atoms with Crippen LogP contribution in [0.5, 0.6) is 5.75 Å². The maximum absolute atomic E-state index is 12.1. The van der Waals surface area contributed by atoms with Gasteiger partial charge in [0, 0.05) is 11.6 Å². The topological polar surface area (TPSA) is 137 Å². The van der Waals surface area contributed by atoms with Crippen LogP contribution < -0.4 is 15.4 Å². The fourth-order valence-electron chi connectivity index (χ4n) is 2.53. The Balaban J connectivity index is 1.80. The number of nitro benzene ring substituents is 1. The second kappa shape index (κ2) is 10.6. The minimum atomic E-state index is -0.825. The lowest BCUT2D eigenvalue weighted by Gasteiger charge is -2.14. The molecule has 30 heavy (non-hydrogen) atoms. The van der Waals surface area contributed by atoms with Crippen LogP contribution in [0.1, 0.15) is 28.9 Å². The lowest BCUT2D eigenvalue weighted by molar-refractivity contribution is -0.385. The summed E-state index contributed by atoms with van der Waals surface area (Å²) in [5.41, 5.74) is 0.500. The molecule has 2 aromatic carbocycles. The van der Waals surface area contributed by atoms with Crippen LogP contribution in [0.2, 0.25) is 0 Å². The van der Waals surface area contributed by atoms with E-state index in [0.29, 0.717) is 0 Å². The first-order chi connectivity index (χ1) is 14.3. The van der Waals surface area contributed by atoms with E-state index in [1.54, 1.807) is 6.92 Å². The number of nitro groups is 1. The van der Waals surface area contributed by atoms with Gasteiger partial charge in [0.15, 0.2) is 12.4 Å². The van der Waals surface area contributed by atoms with Crippen LogP contribution in [0.15, 0.2) is 48.5 Å². The van der Waals surface area contributed by atoms with E-state index in [-0.39, 0.29) is 23.0 Å². The van der Waals surface area contributed by atoms with E-state index < -0.39 is 35.9 Å². The first-order valence-electron chi connectivity index (χ1n) is 8.92. The number of amides is 2. The van der Waals surface area contributed by atoms with Crippen molar-refractivity contribution in [2.24, 2.45) is 0 Å². The molecule has 0 fully saturated rings. The zero-order chi connectivity index (χ0) is 22.1. The number of hydrogen-bond donors (Lipinski definition) is 2. The lowest BCUT2D eigenvalue weighted by atomic mass is 10.1. The average molecular weight is 415 g/mol. The first kappa shape index (κ1) is 22.3. The summed E-state index contributed by atoms with van der Waals surface area (Å²) in [5.74, 6) is -2.02. The molecule has 0 unspecified atom stereocenters. The number of methoxy groups -OCH3 is 1. The molecule has 10 heteroatoms. The molecule has 0 aromatic heterocycles. The molecule has 10 nitrogen and oxygen atoms in total. The molecule has 2 N–H and O–H groups in total. The van der Waals surface area contributed by atoms with Gasteiger partial charge in [0.1, 0.15) is 6.54 Å². The van der Waals surface area contributed by atoms with Gasteiger partial charge >= 0.3 is 11.7 Å². The molecule has 2 amide bonds. The highest BCUT2D eigenvalue weighted by atomic mass is 16.6. The van der Waals surface area contributed by atoms with Crippen molar-refractivity contribution < 1.29 is 28.8 Å². The normalized spacial score (nSPS) is 11.1. The smallest absolute Gasteiger partial charge is 0.325 e.